The standard InChI is InChI=1S/C28H27NO2/c1-19(24-9-5-7-21-6-3-4-8-25(21)24)29-18-20-10-12-28(30-2)26(16-20)22-11-13-27-23(17-22)14-15-31-27/h3-13,16-17,19,29H,14-15,18H2,1-2H3. The van der Waals surface area contributed by atoms with Gasteiger partial charge in [0.2, 0.25) is 0 Å². The molecule has 1 N–H and O–H groups in total. The zero-order valence-corrected chi connectivity index (χ0v) is 18.0. The number of rotatable bonds is 6. The van der Waals surface area contributed by atoms with Crippen molar-refractivity contribution in [3.05, 3.63) is 95.6 Å². The van der Waals surface area contributed by atoms with E-state index in [1.54, 1.807) is 7.11 Å². The molecule has 1 atom stereocenters. The fourth-order valence-corrected chi connectivity index (χ4v) is 4.45. The third-order valence-corrected chi connectivity index (χ3v) is 6.17. The van der Waals surface area contributed by atoms with E-state index in [-0.39, 0.29) is 6.04 Å². The van der Waals surface area contributed by atoms with Crippen molar-refractivity contribution in [3.8, 4) is 22.6 Å². The lowest BCUT2D eigenvalue weighted by atomic mass is 9.98. The molecule has 0 radical (unpaired) electrons. The molecular formula is C28H27NO2. The highest BCUT2D eigenvalue weighted by Crippen LogP contribution is 2.35. The summed E-state index contributed by atoms with van der Waals surface area (Å²) in [6.45, 7) is 3.79. The molecule has 0 fully saturated rings. The maximum Gasteiger partial charge on any atom is 0.126 e. The van der Waals surface area contributed by atoms with Gasteiger partial charge in [0.15, 0.2) is 0 Å². The topological polar surface area (TPSA) is 30.5 Å². The van der Waals surface area contributed by atoms with Crippen molar-refractivity contribution in [2.24, 2.45) is 0 Å². The number of fused-ring (bicyclic) bond motifs is 2. The van der Waals surface area contributed by atoms with Crippen LogP contribution in [0.25, 0.3) is 21.9 Å². The van der Waals surface area contributed by atoms with Crippen molar-refractivity contribution in [2.75, 3.05) is 13.7 Å². The minimum Gasteiger partial charge on any atom is -0.496 e. The summed E-state index contributed by atoms with van der Waals surface area (Å²) < 4.78 is 11.3. The van der Waals surface area contributed by atoms with Gasteiger partial charge in [-0.1, -0.05) is 54.6 Å². The van der Waals surface area contributed by atoms with Crippen LogP contribution in [0.5, 0.6) is 11.5 Å². The largest absolute Gasteiger partial charge is 0.496 e. The molecular weight excluding hydrogens is 382 g/mol. The summed E-state index contributed by atoms with van der Waals surface area (Å²) in [5.41, 5.74) is 6.12. The van der Waals surface area contributed by atoms with Gasteiger partial charge in [0.05, 0.1) is 13.7 Å². The lowest BCUT2D eigenvalue weighted by Crippen LogP contribution is -2.18. The highest BCUT2D eigenvalue weighted by atomic mass is 16.5. The van der Waals surface area contributed by atoms with Crippen molar-refractivity contribution >= 4 is 10.8 Å². The minimum atomic E-state index is 0.244. The summed E-state index contributed by atoms with van der Waals surface area (Å²) in [6, 6.07) is 28.2. The molecule has 156 valence electrons. The molecule has 1 unspecified atom stereocenters. The fourth-order valence-electron chi connectivity index (χ4n) is 4.45. The Morgan fingerprint density at radius 2 is 1.84 bits per heavy atom. The van der Waals surface area contributed by atoms with Gasteiger partial charge in [0.25, 0.3) is 0 Å². The van der Waals surface area contributed by atoms with E-state index < -0.39 is 0 Å². The number of ether oxygens (including phenoxy) is 2. The van der Waals surface area contributed by atoms with Gasteiger partial charge in [-0.2, -0.15) is 0 Å². The molecule has 4 aromatic carbocycles. The summed E-state index contributed by atoms with van der Waals surface area (Å²) in [7, 11) is 1.73. The van der Waals surface area contributed by atoms with Crippen LogP contribution in [-0.2, 0) is 13.0 Å². The first-order chi connectivity index (χ1) is 15.2. The van der Waals surface area contributed by atoms with Gasteiger partial charge in [-0.15, -0.1) is 0 Å². The van der Waals surface area contributed by atoms with E-state index in [4.69, 9.17) is 9.47 Å². The van der Waals surface area contributed by atoms with Gasteiger partial charge in [0, 0.05) is 24.6 Å². The molecule has 3 nitrogen and oxygen atoms in total. The lowest BCUT2D eigenvalue weighted by Gasteiger charge is -2.18. The second-order valence-corrected chi connectivity index (χ2v) is 8.13. The van der Waals surface area contributed by atoms with Crippen LogP contribution in [0.1, 0.15) is 29.7 Å². The summed E-state index contributed by atoms with van der Waals surface area (Å²) >= 11 is 0. The number of methoxy groups -OCH3 is 1. The van der Waals surface area contributed by atoms with E-state index in [1.165, 1.54) is 33.0 Å². The molecule has 5 rings (SSSR count). The molecule has 1 heterocycles. The number of hydrogen-bond donors (Lipinski definition) is 1. The number of nitrogens with one attached hydrogen (secondary N) is 1. The van der Waals surface area contributed by atoms with E-state index in [0.717, 1.165) is 36.6 Å². The third-order valence-electron chi connectivity index (χ3n) is 6.17. The number of benzene rings is 4. The molecule has 31 heavy (non-hydrogen) atoms. The smallest absolute Gasteiger partial charge is 0.126 e. The number of hydrogen-bond acceptors (Lipinski definition) is 3. The van der Waals surface area contributed by atoms with Crippen molar-refractivity contribution in [3.63, 3.8) is 0 Å². The molecule has 0 amide bonds. The van der Waals surface area contributed by atoms with Crippen molar-refractivity contribution in [1.82, 2.24) is 5.32 Å². The molecule has 3 heteroatoms. The first kappa shape index (κ1) is 19.7. The van der Waals surface area contributed by atoms with Crippen molar-refractivity contribution in [1.29, 1.82) is 0 Å². The Hall–Kier alpha value is -3.30. The lowest BCUT2D eigenvalue weighted by molar-refractivity contribution is 0.357. The van der Waals surface area contributed by atoms with Crippen molar-refractivity contribution < 1.29 is 9.47 Å². The SMILES string of the molecule is COc1ccc(CNC(C)c2cccc3ccccc23)cc1-c1ccc2c(c1)CCO2. The van der Waals surface area contributed by atoms with Gasteiger partial charge in [0.1, 0.15) is 11.5 Å². The van der Waals surface area contributed by atoms with E-state index in [2.05, 4.69) is 91.1 Å². The normalized spacial score (nSPS) is 13.6. The molecule has 4 aromatic rings. The van der Waals surface area contributed by atoms with E-state index in [0.29, 0.717) is 0 Å². The summed E-state index contributed by atoms with van der Waals surface area (Å²) in [6.07, 6.45) is 0.968. The third kappa shape index (κ3) is 3.89. The summed E-state index contributed by atoms with van der Waals surface area (Å²) in [5.74, 6) is 1.90. The average molecular weight is 410 g/mol. The second-order valence-electron chi connectivity index (χ2n) is 8.13. The van der Waals surface area contributed by atoms with Gasteiger partial charge in [-0.3, -0.25) is 0 Å². The molecule has 0 aliphatic carbocycles. The van der Waals surface area contributed by atoms with Crippen LogP contribution in [-0.4, -0.2) is 13.7 Å². The average Bonchev–Trinajstić information content (AvgIpc) is 3.30. The van der Waals surface area contributed by atoms with Crippen LogP contribution >= 0.6 is 0 Å². The Morgan fingerprint density at radius 3 is 2.74 bits per heavy atom. The first-order valence-electron chi connectivity index (χ1n) is 10.9. The van der Waals surface area contributed by atoms with Gasteiger partial charge < -0.3 is 14.8 Å². The quantitative estimate of drug-likeness (QED) is 0.405. The highest BCUT2D eigenvalue weighted by Gasteiger charge is 2.15. The predicted octanol–water partition coefficient (Wildman–Crippen LogP) is 6.30. The minimum absolute atomic E-state index is 0.244. The first-order valence-corrected chi connectivity index (χ1v) is 10.9. The Balaban J connectivity index is 1.39. The van der Waals surface area contributed by atoms with Gasteiger partial charge in [-0.05, 0) is 64.2 Å². The Morgan fingerprint density at radius 1 is 0.968 bits per heavy atom. The highest BCUT2D eigenvalue weighted by molar-refractivity contribution is 5.86. The van der Waals surface area contributed by atoms with Gasteiger partial charge >= 0.3 is 0 Å². The predicted molar refractivity (Wildman–Crippen MR) is 127 cm³/mol. The van der Waals surface area contributed by atoms with E-state index >= 15 is 0 Å². The Bertz CT molecular complexity index is 1230. The summed E-state index contributed by atoms with van der Waals surface area (Å²) in [5, 5.41) is 6.29. The Kier molecular flexibility index (Phi) is 5.35. The zero-order valence-electron chi connectivity index (χ0n) is 18.0. The monoisotopic (exact) mass is 409 g/mol. The van der Waals surface area contributed by atoms with E-state index in [1.807, 2.05) is 0 Å². The Labute approximate surface area is 183 Å². The molecule has 0 spiro atoms. The van der Waals surface area contributed by atoms with Crippen LogP contribution in [0, 0.1) is 0 Å². The zero-order chi connectivity index (χ0) is 21.2. The maximum atomic E-state index is 5.67. The van der Waals surface area contributed by atoms with Crippen molar-refractivity contribution in [2.45, 2.75) is 25.9 Å². The molecule has 1 aliphatic rings. The molecule has 0 bridgehead atoms. The fraction of sp³-hybridized carbons (Fsp3) is 0.214. The van der Waals surface area contributed by atoms with Crippen LogP contribution in [0.2, 0.25) is 0 Å². The van der Waals surface area contributed by atoms with Crippen LogP contribution in [0.3, 0.4) is 0 Å². The van der Waals surface area contributed by atoms with Crippen LogP contribution in [0.4, 0.5) is 0 Å². The van der Waals surface area contributed by atoms with E-state index in [9.17, 15) is 0 Å². The van der Waals surface area contributed by atoms with Gasteiger partial charge in [-0.25, -0.2) is 0 Å². The molecule has 0 aromatic heterocycles. The second kappa shape index (κ2) is 8.44. The molecule has 1 aliphatic heterocycles. The molecule has 0 saturated heterocycles. The molecule has 0 saturated carbocycles. The summed E-state index contributed by atoms with van der Waals surface area (Å²) in [4.78, 5) is 0. The maximum absolute atomic E-state index is 5.67. The van der Waals surface area contributed by atoms with Crippen LogP contribution in [0.15, 0.2) is 78.9 Å². The van der Waals surface area contributed by atoms with Crippen LogP contribution < -0.4 is 14.8 Å².